The van der Waals surface area contributed by atoms with Gasteiger partial charge < -0.3 is 25.2 Å². The highest BCUT2D eigenvalue weighted by Crippen LogP contribution is 2.29. The first-order valence-corrected chi connectivity index (χ1v) is 12.4. The Morgan fingerprint density at radius 1 is 1.00 bits per heavy atom. The molecule has 1 aromatic carbocycles. The first-order chi connectivity index (χ1) is 17.3. The third-order valence-electron chi connectivity index (χ3n) is 6.87. The van der Waals surface area contributed by atoms with Gasteiger partial charge in [0.1, 0.15) is 18.8 Å². The molecule has 10 heteroatoms. The van der Waals surface area contributed by atoms with Crippen LogP contribution >= 0.6 is 0 Å². The van der Waals surface area contributed by atoms with Gasteiger partial charge in [-0.15, -0.1) is 0 Å². The smallest absolute Gasteiger partial charge is 0.409 e. The Hall–Kier alpha value is -3.82. The summed E-state index contributed by atoms with van der Waals surface area (Å²) in [6.45, 7) is 0.823. The van der Waals surface area contributed by atoms with Crippen molar-refractivity contribution in [2.45, 2.75) is 44.8 Å². The molecule has 2 N–H and O–H groups in total. The molecule has 0 saturated heterocycles. The quantitative estimate of drug-likeness (QED) is 0.496. The van der Waals surface area contributed by atoms with Gasteiger partial charge in [-0.3, -0.25) is 4.57 Å². The Morgan fingerprint density at radius 2 is 1.69 bits per heavy atom. The molecule has 0 spiro atoms. The molecule has 1 saturated carbocycles. The number of fused-ring (bicyclic) bond motifs is 1. The van der Waals surface area contributed by atoms with Gasteiger partial charge in [0.2, 0.25) is 0 Å². The fourth-order valence-electron chi connectivity index (χ4n) is 4.55. The highest BCUT2D eigenvalue weighted by atomic mass is 16.6. The van der Waals surface area contributed by atoms with Crippen LogP contribution in [0.2, 0.25) is 0 Å². The number of amides is 2. The Morgan fingerprint density at radius 3 is 2.42 bits per heavy atom. The van der Waals surface area contributed by atoms with Crippen LogP contribution in [-0.4, -0.2) is 76.7 Å². The number of anilines is 2. The second kappa shape index (κ2) is 11.3. The molecular weight excluding hydrogens is 458 g/mol. The molecule has 2 heterocycles. The Labute approximate surface area is 211 Å². The van der Waals surface area contributed by atoms with Crippen molar-refractivity contribution in [3.8, 4) is 0 Å². The van der Waals surface area contributed by atoms with Crippen molar-refractivity contribution in [3.63, 3.8) is 0 Å². The highest BCUT2D eigenvalue weighted by molar-refractivity contribution is 5.94. The van der Waals surface area contributed by atoms with Gasteiger partial charge in [0.05, 0.1) is 5.39 Å². The number of benzene rings is 1. The number of carbonyl (C=O) groups is 2. The molecule has 1 fully saturated rings. The first kappa shape index (κ1) is 25.3. The predicted molar refractivity (Wildman–Crippen MR) is 140 cm³/mol. The molecule has 2 aromatic heterocycles. The van der Waals surface area contributed by atoms with E-state index in [9.17, 15) is 9.59 Å². The predicted octanol–water partition coefficient (Wildman–Crippen LogP) is 3.95. The molecule has 2 amide bonds. The number of rotatable bonds is 7. The molecule has 1 aliphatic carbocycles. The molecule has 0 atom stereocenters. The fraction of sp³-hybridized carbons (Fsp3) is 0.462. The standard InChI is InChI=1S/C26H35N7O3/c1-30(15-16-31(2)26(35)36-17-19-9-11-20(27)12-10-19)25(34)33-14-13-22-23(28-18-29-24(22)33)32(3)21-7-5-4-6-8-21/h9-14,18,21H,4-8,15-17,27H2,1-3H3. The minimum absolute atomic E-state index is 0.158. The van der Waals surface area contributed by atoms with Crippen LogP contribution in [0.15, 0.2) is 42.9 Å². The van der Waals surface area contributed by atoms with Gasteiger partial charge in [0.15, 0.2) is 5.65 Å². The molecule has 1 aliphatic rings. The van der Waals surface area contributed by atoms with Crippen molar-refractivity contribution in [2.75, 3.05) is 44.9 Å². The summed E-state index contributed by atoms with van der Waals surface area (Å²) >= 11 is 0. The molecule has 0 bridgehead atoms. The van der Waals surface area contributed by atoms with E-state index in [1.807, 2.05) is 18.2 Å². The average Bonchev–Trinajstić information content (AvgIpc) is 3.35. The summed E-state index contributed by atoms with van der Waals surface area (Å²) in [5.41, 5.74) is 7.77. The SMILES string of the molecule is CN(CCN(C)C(=O)n1ccc2c(N(C)C3CCCCC3)ncnc21)C(=O)OCc1ccc(N)cc1. The molecule has 0 radical (unpaired) electrons. The summed E-state index contributed by atoms with van der Waals surface area (Å²) < 4.78 is 6.89. The number of ether oxygens (including phenoxy) is 1. The number of hydrogen-bond donors (Lipinski definition) is 1. The zero-order chi connectivity index (χ0) is 25.7. The maximum absolute atomic E-state index is 13.2. The van der Waals surface area contributed by atoms with E-state index in [0.29, 0.717) is 30.5 Å². The summed E-state index contributed by atoms with van der Waals surface area (Å²) in [7, 11) is 5.43. The molecule has 3 aromatic rings. The Balaban J connectivity index is 1.35. The Kier molecular flexibility index (Phi) is 7.92. The van der Waals surface area contributed by atoms with Crippen molar-refractivity contribution in [3.05, 3.63) is 48.4 Å². The number of aromatic nitrogens is 3. The van der Waals surface area contributed by atoms with Crippen molar-refractivity contribution in [2.24, 2.45) is 0 Å². The van der Waals surface area contributed by atoms with Crippen molar-refractivity contribution in [1.29, 1.82) is 0 Å². The number of nitrogens with two attached hydrogens (primary N) is 1. The molecule has 0 unspecified atom stereocenters. The lowest BCUT2D eigenvalue weighted by Crippen LogP contribution is -2.39. The minimum Gasteiger partial charge on any atom is -0.445 e. The number of nitrogens with zero attached hydrogens (tertiary/aromatic N) is 6. The summed E-state index contributed by atoms with van der Waals surface area (Å²) in [6.07, 6.45) is 8.86. The molecular formula is C26H35N7O3. The van der Waals surface area contributed by atoms with E-state index < -0.39 is 6.09 Å². The lowest BCUT2D eigenvalue weighted by molar-refractivity contribution is 0.102. The maximum atomic E-state index is 13.2. The summed E-state index contributed by atoms with van der Waals surface area (Å²) in [4.78, 5) is 39.7. The van der Waals surface area contributed by atoms with E-state index in [2.05, 4.69) is 21.9 Å². The van der Waals surface area contributed by atoms with E-state index >= 15 is 0 Å². The summed E-state index contributed by atoms with van der Waals surface area (Å²) in [5, 5.41) is 0.857. The zero-order valence-electron chi connectivity index (χ0n) is 21.3. The van der Waals surface area contributed by atoms with E-state index in [0.717, 1.165) is 29.6 Å². The first-order valence-electron chi connectivity index (χ1n) is 12.4. The van der Waals surface area contributed by atoms with Crippen LogP contribution in [0.1, 0.15) is 37.7 Å². The normalized spacial score (nSPS) is 14.0. The van der Waals surface area contributed by atoms with Gasteiger partial charge in [-0.1, -0.05) is 31.4 Å². The minimum atomic E-state index is -0.456. The molecule has 4 rings (SSSR count). The second-order valence-electron chi connectivity index (χ2n) is 9.44. The van der Waals surface area contributed by atoms with Gasteiger partial charge in [0, 0.05) is 52.2 Å². The topological polar surface area (TPSA) is 110 Å². The van der Waals surface area contributed by atoms with Crippen molar-refractivity contribution < 1.29 is 14.3 Å². The number of likely N-dealkylation sites (N-methyl/N-ethyl adjacent to an activating group) is 2. The Bertz CT molecular complexity index is 1190. The lowest BCUT2D eigenvalue weighted by Gasteiger charge is -2.32. The summed E-state index contributed by atoms with van der Waals surface area (Å²) in [6, 6.07) is 9.29. The average molecular weight is 494 g/mol. The van der Waals surface area contributed by atoms with E-state index in [1.54, 1.807) is 37.3 Å². The van der Waals surface area contributed by atoms with Gasteiger partial charge >= 0.3 is 12.1 Å². The van der Waals surface area contributed by atoms with E-state index in [1.165, 1.54) is 35.1 Å². The van der Waals surface area contributed by atoms with Crippen LogP contribution in [0.3, 0.4) is 0 Å². The van der Waals surface area contributed by atoms with Crippen LogP contribution < -0.4 is 10.6 Å². The van der Waals surface area contributed by atoms with Crippen LogP contribution in [0.25, 0.3) is 11.0 Å². The van der Waals surface area contributed by atoms with Crippen LogP contribution in [-0.2, 0) is 11.3 Å². The monoisotopic (exact) mass is 493 g/mol. The third-order valence-corrected chi connectivity index (χ3v) is 6.87. The molecule has 192 valence electrons. The number of nitrogen functional groups attached to an aromatic ring is 1. The zero-order valence-corrected chi connectivity index (χ0v) is 21.3. The highest BCUT2D eigenvalue weighted by Gasteiger charge is 2.23. The van der Waals surface area contributed by atoms with Gasteiger partial charge in [-0.25, -0.2) is 19.6 Å². The molecule has 10 nitrogen and oxygen atoms in total. The number of hydrogen-bond acceptors (Lipinski definition) is 7. The van der Waals surface area contributed by atoms with Crippen molar-refractivity contribution >= 4 is 34.7 Å². The summed E-state index contributed by atoms with van der Waals surface area (Å²) in [5.74, 6) is 0.852. The second-order valence-corrected chi connectivity index (χ2v) is 9.44. The van der Waals surface area contributed by atoms with Gasteiger partial charge in [0.25, 0.3) is 0 Å². The number of carbonyl (C=O) groups excluding carboxylic acids is 2. The van der Waals surface area contributed by atoms with Crippen LogP contribution in [0.4, 0.5) is 21.1 Å². The van der Waals surface area contributed by atoms with E-state index in [4.69, 9.17) is 10.5 Å². The van der Waals surface area contributed by atoms with Gasteiger partial charge in [-0.05, 0) is 36.6 Å². The third kappa shape index (κ3) is 5.69. The lowest BCUT2D eigenvalue weighted by atomic mass is 9.94. The van der Waals surface area contributed by atoms with Crippen LogP contribution in [0, 0.1) is 0 Å². The fourth-order valence-corrected chi connectivity index (χ4v) is 4.55. The largest absolute Gasteiger partial charge is 0.445 e. The van der Waals surface area contributed by atoms with E-state index in [-0.39, 0.29) is 12.6 Å². The van der Waals surface area contributed by atoms with Crippen LogP contribution in [0.5, 0.6) is 0 Å². The van der Waals surface area contributed by atoms with Crippen molar-refractivity contribution in [1.82, 2.24) is 24.3 Å². The molecule has 0 aliphatic heterocycles. The molecule has 36 heavy (non-hydrogen) atoms. The van der Waals surface area contributed by atoms with Gasteiger partial charge in [-0.2, -0.15) is 0 Å². The maximum Gasteiger partial charge on any atom is 0.409 e.